The van der Waals surface area contributed by atoms with Crippen LogP contribution in [0.25, 0.3) is 0 Å². The van der Waals surface area contributed by atoms with E-state index >= 15 is 0 Å². The summed E-state index contributed by atoms with van der Waals surface area (Å²) in [5, 5.41) is 0. The largest absolute Gasteiger partial charge is 0.373 e. The Morgan fingerprint density at radius 3 is 2.33 bits per heavy atom. The van der Waals surface area contributed by atoms with E-state index in [0.717, 1.165) is 6.26 Å². The van der Waals surface area contributed by atoms with E-state index in [1.807, 2.05) is 0 Å². The van der Waals surface area contributed by atoms with Crippen molar-refractivity contribution in [2.45, 2.75) is 31.2 Å². The first-order valence-electron chi connectivity index (χ1n) is 5.21. The van der Waals surface area contributed by atoms with Gasteiger partial charge in [0.15, 0.2) is 0 Å². The molecule has 0 aliphatic carbocycles. The van der Waals surface area contributed by atoms with Crippen LogP contribution in [0.15, 0.2) is 0 Å². The molecular weight excluding hydrogens is 278 g/mol. The second-order valence-corrected chi connectivity index (χ2v) is 6.37. The quantitative estimate of drug-likeness (QED) is 0.646. The predicted octanol–water partition coefficient (Wildman–Crippen LogP) is 1.06. The van der Waals surface area contributed by atoms with Gasteiger partial charge < -0.3 is 10.5 Å². The summed E-state index contributed by atoms with van der Waals surface area (Å²) in [6.07, 6.45) is -2.18. The van der Waals surface area contributed by atoms with Crippen molar-refractivity contribution in [3.05, 3.63) is 0 Å². The molecule has 0 aliphatic heterocycles. The molecule has 0 rings (SSSR count). The Morgan fingerprint density at radius 1 is 1.33 bits per heavy atom. The molecule has 9 heteroatoms. The molecule has 0 aliphatic rings. The lowest BCUT2D eigenvalue weighted by Crippen LogP contribution is -2.35. The number of hydrogen-bond donors (Lipinski definition) is 1. The van der Waals surface area contributed by atoms with Gasteiger partial charge in [0.2, 0.25) is 0 Å². The molecule has 0 bridgehead atoms. The zero-order valence-corrected chi connectivity index (χ0v) is 10.7. The topological polar surface area (TPSA) is 69.4 Å². The molecule has 0 radical (unpaired) electrons. The number of alkyl halides is 4. The van der Waals surface area contributed by atoms with E-state index in [2.05, 4.69) is 4.74 Å². The molecule has 18 heavy (non-hydrogen) atoms. The van der Waals surface area contributed by atoms with Gasteiger partial charge in [-0.3, -0.25) is 0 Å². The molecule has 4 nitrogen and oxygen atoms in total. The Labute approximate surface area is 103 Å². The van der Waals surface area contributed by atoms with Gasteiger partial charge in [0.1, 0.15) is 16.4 Å². The Morgan fingerprint density at radius 2 is 1.89 bits per heavy atom. The summed E-state index contributed by atoms with van der Waals surface area (Å²) in [7, 11) is -3.09. The van der Waals surface area contributed by atoms with Crippen LogP contribution < -0.4 is 5.73 Å². The van der Waals surface area contributed by atoms with Gasteiger partial charge in [-0.15, -0.1) is 0 Å². The first-order valence-corrected chi connectivity index (χ1v) is 7.27. The van der Waals surface area contributed by atoms with Crippen molar-refractivity contribution in [2.24, 2.45) is 5.73 Å². The fourth-order valence-electron chi connectivity index (χ4n) is 1.10. The van der Waals surface area contributed by atoms with E-state index in [1.54, 1.807) is 0 Å². The lowest BCUT2D eigenvalue weighted by Gasteiger charge is -2.17. The average Bonchev–Trinajstić information content (AvgIpc) is 2.14. The van der Waals surface area contributed by atoms with Crippen LogP contribution in [-0.4, -0.2) is 52.0 Å². The standard InChI is InChI=1S/C9H17F4NO3S/c1-18(15,16)4-2-3-7(14)5-17-6-9(12,13)8(10)11/h7-8H,2-6,14H2,1H3. The van der Waals surface area contributed by atoms with Crippen LogP contribution in [-0.2, 0) is 14.6 Å². The highest BCUT2D eigenvalue weighted by atomic mass is 32.2. The van der Waals surface area contributed by atoms with Crippen LogP contribution in [0.2, 0.25) is 0 Å². The van der Waals surface area contributed by atoms with Gasteiger partial charge in [0.25, 0.3) is 0 Å². The highest BCUT2D eigenvalue weighted by Gasteiger charge is 2.40. The van der Waals surface area contributed by atoms with E-state index in [4.69, 9.17) is 5.73 Å². The number of halogens is 4. The molecule has 2 N–H and O–H groups in total. The van der Waals surface area contributed by atoms with E-state index in [9.17, 15) is 26.0 Å². The summed E-state index contributed by atoms with van der Waals surface area (Å²) in [4.78, 5) is 0. The number of hydrogen-bond acceptors (Lipinski definition) is 4. The van der Waals surface area contributed by atoms with Crippen LogP contribution in [0.5, 0.6) is 0 Å². The molecule has 0 spiro atoms. The number of rotatable bonds is 9. The number of ether oxygens (including phenoxy) is 1. The van der Waals surface area contributed by atoms with Gasteiger partial charge >= 0.3 is 12.3 Å². The van der Waals surface area contributed by atoms with Gasteiger partial charge in [-0.25, -0.2) is 17.2 Å². The molecule has 0 aromatic rings. The van der Waals surface area contributed by atoms with Gasteiger partial charge in [-0.1, -0.05) is 0 Å². The summed E-state index contributed by atoms with van der Waals surface area (Å²) in [6.45, 7) is -1.71. The molecule has 0 aromatic heterocycles. The molecule has 0 fully saturated rings. The molecule has 0 amide bonds. The van der Waals surface area contributed by atoms with Crippen molar-refractivity contribution >= 4 is 9.84 Å². The van der Waals surface area contributed by atoms with Crippen molar-refractivity contribution < 1.29 is 30.7 Å². The van der Waals surface area contributed by atoms with Crippen molar-refractivity contribution in [2.75, 3.05) is 25.2 Å². The van der Waals surface area contributed by atoms with Gasteiger partial charge in [-0.2, -0.15) is 8.78 Å². The molecule has 110 valence electrons. The maximum absolute atomic E-state index is 12.4. The molecule has 0 aromatic carbocycles. The molecule has 1 atom stereocenters. The second-order valence-electron chi connectivity index (χ2n) is 4.11. The Kier molecular flexibility index (Phi) is 7.08. The number of nitrogens with two attached hydrogens (primary N) is 1. The van der Waals surface area contributed by atoms with Crippen LogP contribution >= 0.6 is 0 Å². The van der Waals surface area contributed by atoms with Crippen molar-refractivity contribution in [1.29, 1.82) is 0 Å². The van der Waals surface area contributed by atoms with Gasteiger partial charge in [-0.05, 0) is 12.8 Å². The van der Waals surface area contributed by atoms with E-state index < -0.39 is 34.8 Å². The minimum absolute atomic E-state index is 0.0616. The Bertz CT molecular complexity index is 335. The zero-order chi connectivity index (χ0) is 14.4. The maximum atomic E-state index is 12.4. The fraction of sp³-hybridized carbons (Fsp3) is 1.00. The van der Waals surface area contributed by atoms with Crippen LogP contribution in [0, 0.1) is 0 Å². The molecule has 0 saturated heterocycles. The number of sulfone groups is 1. The lowest BCUT2D eigenvalue weighted by atomic mass is 10.2. The van der Waals surface area contributed by atoms with Crippen molar-refractivity contribution in [3.63, 3.8) is 0 Å². The van der Waals surface area contributed by atoms with E-state index in [1.165, 1.54) is 0 Å². The molecule has 1 unspecified atom stereocenters. The third-order valence-corrected chi connectivity index (χ3v) is 3.07. The lowest BCUT2D eigenvalue weighted by molar-refractivity contribution is -0.166. The zero-order valence-electron chi connectivity index (χ0n) is 9.91. The summed E-state index contributed by atoms with van der Waals surface area (Å²) in [5.41, 5.74) is 5.46. The molecular formula is C9H17F4NO3S. The third-order valence-electron chi connectivity index (χ3n) is 2.04. The third kappa shape index (κ3) is 8.65. The maximum Gasteiger partial charge on any atom is 0.330 e. The smallest absolute Gasteiger partial charge is 0.330 e. The van der Waals surface area contributed by atoms with Crippen molar-refractivity contribution in [3.8, 4) is 0 Å². The highest BCUT2D eigenvalue weighted by molar-refractivity contribution is 7.90. The normalized spacial score (nSPS) is 15.1. The molecule has 0 saturated carbocycles. The first kappa shape index (κ1) is 17.6. The highest BCUT2D eigenvalue weighted by Crippen LogP contribution is 2.22. The van der Waals surface area contributed by atoms with Gasteiger partial charge in [0.05, 0.1) is 6.61 Å². The Hall–Kier alpha value is -0.410. The van der Waals surface area contributed by atoms with E-state index in [0.29, 0.717) is 0 Å². The summed E-state index contributed by atoms with van der Waals surface area (Å²) in [6, 6.07) is -0.653. The van der Waals surface area contributed by atoms with Crippen molar-refractivity contribution in [1.82, 2.24) is 0 Å². The first-order chi connectivity index (χ1) is 8.04. The van der Waals surface area contributed by atoms with Crippen LogP contribution in [0.1, 0.15) is 12.8 Å². The SMILES string of the molecule is CS(=O)(=O)CCCC(N)COCC(F)(F)C(F)F. The molecule has 0 heterocycles. The second kappa shape index (κ2) is 7.25. The fourth-order valence-corrected chi connectivity index (χ4v) is 1.79. The summed E-state index contributed by atoms with van der Waals surface area (Å²) < 4.78 is 74.3. The Balaban J connectivity index is 3.75. The minimum atomic E-state index is -4.19. The summed E-state index contributed by atoms with van der Waals surface area (Å²) >= 11 is 0. The van der Waals surface area contributed by atoms with Gasteiger partial charge in [0, 0.05) is 18.1 Å². The summed E-state index contributed by atoms with van der Waals surface area (Å²) in [5.74, 6) is -4.25. The van der Waals surface area contributed by atoms with E-state index in [-0.39, 0.29) is 25.2 Å². The predicted molar refractivity (Wildman–Crippen MR) is 58.7 cm³/mol. The van der Waals surface area contributed by atoms with Crippen LogP contribution in [0.4, 0.5) is 17.6 Å². The van der Waals surface area contributed by atoms with Crippen LogP contribution in [0.3, 0.4) is 0 Å². The monoisotopic (exact) mass is 295 g/mol. The minimum Gasteiger partial charge on any atom is -0.373 e. The average molecular weight is 295 g/mol.